The number of carbonyl (C=O) groups is 1. The van der Waals surface area contributed by atoms with Crippen LogP contribution >= 0.6 is 11.3 Å². The molecule has 0 fully saturated rings. The minimum Gasteiger partial charge on any atom is -0.335 e. The summed E-state index contributed by atoms with van der Waals surface area (Å²) in [4.78, 5) is 15.0. The van der Waals surface area contributed by atoms with Gasteiger partial charge in [-0.05, 0) is 31.4 Å². The quantitative estimate of drug-likeness (QED) is 0.812. The molecule has 1 aromatic heterocycles. The summed E-state index contributed by atoms with van der Waals surface area (Å²) in [7, 11) is -3.10. The van der Waals surface area contributed by atoms with Crippen LogP contribution in [0.5, 0.6) is 0 Å². The molecule has 6 heteroatoms. The summed E-state index contributed by atoms with van der Waals surface area (Å²) < 4.78 is 24.7. The fourth-order valence-electron chi connectivity index (χ4n) is 2.46. The maximum Gasteiger partial charge on any atom is 0.264 e. The fraction of sp³-hybridized carbons (Fsp3) is 0.438. The van der Waals surface area contributed by atoms with Crippen LogP contribution in [0.25, 0.3) is 10.1 Å². The van der Waals surface area contributed by atoms with Gasteiger partial charge in [0.2, 0.25) is 0 Å². The fourth-order valence-corrected chi connectivity index (χ4v) is 4.63. The van der Waals surface area contributed by atoms with Crippen LogP contribution in [0.15, 0.2) is 30.3 Å². The molecule has 120 valence electrons. The molecule has 1 heterocycles. The zero-order valence-corrected chi connectivity index (χ0v) is 14.7. The van der Waals surface area contributed by atoms with E-state index in [2.05, 4.69) is 0 Å². The van der Waals surface area contributed by atoms with Crippen LogP contribution in [-0.2, 0) is 9.84 Å². The lowest BCUT2D eigenvalue weighted by molar-refractivity contribution is 0.0724. The van der Waals surface area contributed by atoms with Crippen molar-refractivity contribution in [2.45, 2.75) is 26.8 Å². The second-order valence-electron chi connectivity index (χ2n) is 5.29. The molecule has 0 aliphatic carbocycles. The lowest BCUT2D eigenvalue weighted by atomic mass is 10.2. The van der Waals surface area contributed by atoms with Gasteiger partial charge in [-0.25, -0.2) is 8.42 Å². The molecule has 2 rings (SSSR count). The van der Waals surface area contributed by atoms with Gasteiger partial charge in [-0.1, -0.05) is 25.1 Å². The van der Waals surface area contributed by atoms with Crippen molar-refractivity contribution in [2.75, 3.05) is 18.1 Å². The summed E-state index contributed by atoms with van der Waals surface area (Å²) >= 11 is 1.45. The first kappa shape index (κ1) is 17.0. The SMILES string of the molecule is CCN(C(=O)c1cc2ccccc2s1)C(C)CS(=O)(=O)CC. The van der Waals surface area contributed by atoms with Crippen LogP contribution in [0.4, 0.5) is 0 Å². The Morgan fingerprint density at radius 2 is 1.95 bits per heavy atom. The van der Waals surface area contributed by atoms with E-state index in [9.17, 15) is 13.2 Å². The normalized spacial score (nSPS) is 13.2. The molecule has 1 atom stereocenters. The molecule has 0 aliphatic rings. The summed E-state index contributed by atoms with van der Waals surface area (Å²) in [6.07, 6.45) is 0. The molecule has 0 bridgehead atoms. The van der Waals surface area contributed by atoms with Gasteiger partial charge in [-0.2, -0.15) is 0 Å². The van der Waals surface area contributed by atoms with Crippen LogP contribution in [0, 0.1) is 0 Å². The maximum absolute atomic E-state index is 12.7. The summed E-state index contributed by atoms with van der Waals surface area (Å²) in [5.74, 6) is 0.0162. The number of hydrogen-bond acceptors (Lipinski definition) is 4. The Morgan fingerprint density at radius 3 is 2.55 bits per heavy atom. The third kappa shape index (κ3) is 3.67. The summed E-state index contributed by atoms with van der Waals surface area (Å²) in [6, 6.07) is 9.40. The van der Waals surface area contributed by atoms with Crippen molar-refractivity contribution in [3.8, 4) is 0 Å². The Morgan fingerprint density at radius 1 is 1.27 bits per heavy atom. The number of nitrogens with zero attached hydrogens (tertiary/aromatic N) is 1. The topological polar surface area (TPSA) is 54.5 Å². The van der Waals surface area contributed by atoms with Crippen molar-refractivity contribution in [3.63, 3.8) is 0 Å². The molecule has 22 heavy (non-hydrogen) atoms. The molecule has 0 saturated heterocycles. The lowest BCUT2D eigenvalue weighted by Crippen LogP contribution is -2.42. The summed E-state index contributed by atoms with van der Waals surface area (Å²) in [5, 5.41) is 1.04. The Kier molecular flexibility index (Phi) is 5.24. The van der Waals surface area contributed by atoms with Crippen LogP contribution in [0.3, 0.4) is 0 Å². The highest BCUT2D eigenvalue weighted by molar-refractivity contribution is 7.91. The van der Waals surface area contributed by atoms with Crippen molar-refractivity contribution in [1.29, 1.82) is 0 Å². The van der Waals surface area contributed by atoms with Gasteiger partial charge in [-0.3, -0.25) is 4.79 Å². The highest BCUT2D eigenvalue weighted by Crippen LogP contribution is 2.26. The zero-order valence-electron chi connectivity index (χ0n) is 13.1. The van der Waals surface area contributed by atoms with Gasteiger partial charge >= 0.3 is 0 Å². The molecule has 2 aromatic rings. The molecule has 4 nitrogen and oxygen atoms in total. The van der Waals surface area contributed by atoms with Crippen molar-refractivity contribution in [1.82, 2.24) is 4.90 Å². The highest BCUT2D eigenvalue weighted by Gasteiger charge is 2.25. The minimum absolute atomic E-state index is 0.00791. The predicted molar refractivity (Wildman–Crippen MR) is 92.3 cm³/mol. The summed E-state index contributed by atoms with van der Waals surface area (Å²) in [5.41, 5.74) is 0. The molecule has 1 aromatic carbocycles. The van der Waals surface area contributed by atoms with Gasteiger partial charge in [0.15, 0.2) is 9.84 Å². The van der Waals surface area contributed by atoms with E-state index in [-0.39, 0.29) is 23.5 Å². The molecule has 0 saturated carbocycles. The van der Waals surface area contributed by atoms with Crippen molar-refractivity contribution >= 4 is 37.2 Å². The van der Waals surface area contributed by atoms with Gasteiger partial charge < -0.3 is 4.90 Å². The van der Waals surface area contributed by atoms with E-state index < -0.39 is 9.84 Å². The first-order valence-electron chi connectivity index (χ1n) is 7.38. The number of thiophene rings is 1. The standard InChI is InChI=1S/C16H21NO3S2/c1-4-17(12(3)11-22(19,20)5-2)16(18)15-10-13-8-6-7-9-14(13)21-15/h6-10,12H,4-5,11H2,1-3H3. The molecule has 1 unspecified atom stereocenters. The minimum atomic E-state index is -3.10. The molecule has 0 radical (unpaired) electrons. The van der Waals surface area contributed by atoms with E-state index >= 15 is 0 Å². The van der Waals surface area contributed by atoms with E-state index in [0.717, 1.165) is 10.1 Å². The third-order valence-corrected chi connectivity index (χ3v) is 6.68. The van der Waals surface area contributed by atoms with E-state index in [0.29, 0.717) is 11.4 Å². The van der Waals surface area contributed by atoms with Gasteiger partial charge in [-0.15, -0.1) is 11.3 Å². The van der Waals surface area contributed by atoms with Crippen LogP contribution in [-0.4, -0.2) is 43.3 Å². The number of hydrogen-bond donors (Lipinski definition) is 0. The number of carbonyl (C=O) groups excluding carboxylic acids is 1. The van der Waals surface area contributed by atoms with Gasteiger partial charge in [0.25, 0.3) is 5.91 Å². The predicted octanol–water partition coefficient (Wildman–Crippen LogP) is 3.19. The zero-order chi connectivity index (χ0) is 16.3. The van der Waals surface area contributed by atoms with E-state index in [4.69, 9.17) is 0 Å². The number of rotatable bonds is 6. The highest BCUT2D eigenvalue weighted by atomic mass is 32.2. The Hall–Kier alpha value is -1.40. The number of fused-ring (bicyclic) bond motifs is 1. The van der Waals surface area contributed by atoms with Crippen LogP contribution in [0.2, 0.25) is 0 Å². The second kappa shape index (κ2) is 6.79. The first-order valence-corrected chi connectivity index (χ1v) is 10.0. The summed E-state index contributed by atoms with van der Waals surface area (Å²) in [6.45, 7) is 5.79. The van der Waals surface area contributed by atoms with E-state index in [1.165, 1.54) is 11.3 Å². The number of amides is 1. The van der Waals surface area contributed by atoms with Gasteiger partial charge in [0.1, 0.15) is 0 Å². The Labute approximate surface area is 135 Å². The Bertz CT molecular complexity index is 732. The van der Waals surface area contributed by atoms with Crippen molar-refractivity contribution in [3.05, 3.63) is 35.2 Å². The van der Waals surface area contributed by atoms with Gasteiger partial charge in [0.05, 0.1) is 10.6 Å². The average molecular weight is 339 g/mol. The second-order valence-corrected chi connectivity index (χ2v) is 8.77. The third-order valence-electron chi connectivity index (χ3n) is 3.70. The molecular formula is C16H21NO3S2. The molecule has 1 amide bonds. The lowest BCUT2D eigenvalue weighted by Gasteiger charge is -2.27. The molecule has 0 aliphatic heterocycles. The van der Waals surface area contributed by atoms with Crippen LogP contribution < -0.4 is 0 Å². The van der Waals surface area contributed by atoms with Crippen LogP contribution in [0.1, 0.15) is 30.4 Å². The smallest absolute Gasteiger partial charge is 0.264 e. The average Bonchev–Trinajstić information content (AvgIpc) is 2.91. The van der Waals surface area contributed by atoms with E-state index in [1.54, 1.807) is 18.7 Å². The van der Waals surface area contributed by atoms with Gasteiger partial charge in [0, 0.05) is 23.0 Å². The number of benzene rings is 1. The maximum atomic E-state index is 12.7. The molecular weight excluding hydrogens is 318 g/mol. The molecule has 0 spiro atoms. The van der Waals surface area contributed by atoms with E-state index in [1.807, 2.05) is 37.3 Å². The number of sulfone groups is 1. The van der Waals surface area contributed by atoms with Crippen molar-refractivity contribution < 1.29 is 13.2 Å². The first-order chi connectivity index (χ1) is 10.4. The Balaban J connectivity index is 2.24. The molecule has 0 N–H and O–H groups in total. The van der Waals surface area contributed by atoms with Crippen molar-refractivity contribution in [2.24, 2.45) is 0 Å². The monoisotopic (exact) mass is 339 g/mol. The largest absolute Gasteiger partial charge is 0.335 e.